The topological polar surface area (TPSA) is 38.3 Å². The summed E-state index contributed by atoms with van der Waals surface area (Å²) in [5, 5.41) is 3.14. The molecule has 1 fully saturated rings. The zero-order chi connectivity index (χ0) is 18.6. The summed E-state index contributed by atoms with van der Waals surface area (Å²) in [6, 6.07) is 16.1. The number of benzene rings is 2. The van der Waals surface area contributed by atoms with Gasteiger partial charge in [0.05, 0.1) is 12.0 Å². The smallest absolute Gasteiger partial charge is 0.235 e. The van der Waals surface area contributed by atoms with Gasteiger partial charge < -0.3 is 10.1 Å². The molecule has 1 N–H and O–H groups in total. The Morgan fingerprint density at radius 1 is 1.12 bits per heavy atom. The van der Waals surface area contributed by atoms with Gasteiger partial charge in [0.25, 0.3) is 0 Å². The van der Waals surface area contributed by atoms with Crippen LogP contribution >= 0.6 is 0 Å². The van der Waals surface area contributed by atoms with Gasteiger partial charge >= 0.3 is 0 Å². The molecular weight excluding hydrogens is 322 g/mol. The molecule has 1 saturated carbocycles. The van der Waals surface area contributed by atoms with Gasteiger partial charge in [-0.1, -0.05) is 56.5 Å². The molecular formula is C23H29NO2. The molecule has 3 heteroatoms. The maximum Gasteiger partial charge on any atom is 0.235 e. The highest BCUT2D eigenvalue weighted by Crippen LogP contribution is 2.42. The molecule has 1 aliphatic rings. The third-order valence-corrected chi connectivity index (χ3v) is 5.16. The molecule has 0 saturated heterocycles. The summed E-state index contributed by atoms with van der Waals surface area (Å²) in [6.45, 7) is 7.03. The van der Waals surface area contributed by atoms with Gasteiger partial charge in [-0.2, -0.15) is 0 Å². The maximum absolute atomic E-state index is 13.2. The summed E-state index contributed by atoms with van der Waals surface area (Å²) >= 11 is 0. The molecule has 26 heavy (non-hydrogen) atoms. The number of anilines is 1. The first-order valence-corrected chi connectivity index (χ1v) is 9.61. The minimum absolute atomic E-state index is 0.108. The number of carbonyl (C=O) groups excluding carboxylic acids is 1. The Labute approximate surface area is 156 Å². The molecule has 0 aliphatic heterocycles. The van der Waals surface area contributed by atoms with Crippen molar-refractivity contribution in [1.82, 2.24) is 0 Å². The SMILES string of the molecule is Cc1cccc(C2(C(=O)Nc3ccc(OCC(C)C)cc3)CCCC2)c1. The number of hydrogen-bond donors (Lipinski definition) is 1. The molecule has 0 bridgehead atoms. The van der Waals surface area contributed by atoms with Crippen LogP contribution in [-0.2, 0) is 10.2 Å². The van der Waals surface area contributed by atoms with Crippen molar-refractivity contribution in [2.45, 2.75) is 51.9 Å². The Morgan fingerprint density at radius 3 is 2.42 bits per heavy atom. The van der Waals surface area contributed by atoms with Gasteiger partial charge in [0.1, 0.15) is 5.75 Å². The lowest BCUT2D eigenvalue weighted by molar-refractivity contribution is -0.121. The normalized spacial score (nSPS) is 15.8. The molecule has 0 radical (unpaired) electrons. The van der Waals surface area contributed by atoms with Crippen LogP contribution in [0.15, 0.2) is 48.5 Å². The number of amides is 1. The fourth-order valence-electron chi connectivity index (χ4n) is 3.72. The van der Waals surface area contributed by atoms with Crippen LogP contribution in [0.5, 0.6) is 5.75 Å². The lowest BCUT2D eigenvalue weighted by Gasteiger charge is -2.28. The van der Waals surface area contributed by atoms with E-state index in [0.29, 0.717) is 12.5 Å². The maximum atomic E-state index is 13.2. The van der Waals surface area contributed by atoms with Crippen molar-refractivity contribution in [3.8, 4) is 5.75 Å². The fourth-order valence-corrected chi connectivity index (χ4v) is 3.72. The molecule has 0 unspecified atom stereocenters. The highest BCUT2D eigenvalue weighted by atomic mass is 16.5. The summed E-state index contributed by atoms with van der Waals surface area (Å²) in [4.78, 5) is 13.2. The van der Waals surface area contributed by atoms with Crippen molar-refractivity contribution in [3.63, 3.8) is 0 Å². The standard InChI is InChI=1S/C23H29NO2/c1-17(2)16-26-21-11-9-20(10-12-21)24-22(25)23(13-4-5-14-23)19-8-6-7-18(3)15-19/h6-12,15,17H,4-5,13-14,16H2,1-3H3,(H,24,25). The van der Waals surface area contributed by atoms with Gasteiger partial charge in [-0.3, -0.25) is 4.79 Å². The zero-order valence-electron chi connectivity index (χ0n) is 16.0. The predicted octanol–water partition coefficient (Wildman–Crippen LogP) is 5.48. The van der Waals surface area contributed by atoms with E-state index in [1.165, 1.54) is 5.56 Å². The van der Waals surface area contributed by atoms with Crippen LogP contribution in [-0.4, -0.2) is 12.5 Å². The number of carbonyl (C=O) groups is 1. The largest absolute Gasteiger partial charge is 0.493 e. The van der Waals surface area contributed by atoms with Gasteiger partial charge in [-0.25, -0.2) is 0 Å². The van der Waals surface area contributed by atoms with E-state index in [-0.39, 0.29) is 5.91 Å². The van der Waals surface area contributed by atoms with Crippen LogP contribution in [0.4, 0.5) is 5.69 Å². The molecule has 2 aromatic rings. The Kier molecular flexibility index (Phi) is 5.65. The van der Waals surface area contributed by atoms with E-state index < -0.39 is 5.41 Å². The van der Waals surface area contributed by atoms with Crippen molar-refractivity contribution in [1.29, 1.82) is 0 Å². The quantitative estimate of drug-likeness (QED) is 0.748. The molecule has 0 atom stereocenters. The van der Waals surface area contributed by atoms with Crippen molar-refractivity contribution >= 4 is 11.6 Å². The summed E-state index contributed by atoms with van der Waals surface area (Å²) in [5.41, 5.74) is 2.77. The van der Waals surface area contributed by atoms with E-state index in [1.54, 1.807) is 0 Å². The number of ether oxygens (including phenoxy) is 1. The van der Waals surface area contributed by atoms with Gasteiger partial charge in [0.2, 0.25) is 5.91 Å². The van der Waals surface area contributed by atoms with E-state index >= 15 is 0 Å². The Hall–Kier alpha value is -2.29. The first-order chi connectivity index (χ1) is 12.5. The van der Waals surface area contributed by atoms with Gasteiger partial charge in [-0.05, 0) is 55.5 Å². The molecule has 2 aromatic carbocycles. The van der Waals surface area contributed by atoms with Crippen molar-refractivity contribution in [2.75, 3.05) is 11.9 Å². The summed E-state index contributed by atoms with van der Waals surface area (Å²) < 4.78 is 5.72. The lowest BCUT2D eigenvalue weighted by Crippen LogP contribution is -2.38. The van der Waals surface area contributed by atoms with Crippen LogP contribution in [0.25, 0.3) is 0 Å². The van der Waals surface area contributed by atoms with E-state index in [4.69, 9.17) is 4.74 Å². The highest BCUT2D eigenvalue weighted by molar-refractivity contribution is 5.99. The molecule has 3 rings (SSSR count). The molecule has 0 spiro atoms. The molecule has 0 aromatic heterocycles. The third-order valence-electron chi connectivity index (χ3n) is 5.16. The van der Waals surface area contributed by atoms with E-state index in [0.717, 1.165) is 42.7 Å². The molecule has 3 nitrogen and oxygen atoms in total. The van der Waals surface area contributed by atoms with Gasteiger partial charge in [-0.15, -0.1) is 0 Å². The van der Waals surface area contributed by atoms with Crippen LogP contribution in [0, 0.1) is 12.8 Å². The van der Waals surface area contributed by atoms with Crippen molar-refractivity contribution in [2.24, 2.45) is 5.92 Å². The minimum atomic E-state index is -0.404. The van der Waals surface area contributed by atoms with E-state index in [2.05, 4.69) is 50.4 Å². The molecule has 138 valence electrons. The second-order valence-corrected chi connectivity index (χ2v) is 7.84. The number of nitrogens with one attached hydrogen (secondary N) is 1. The Morgan fingerprint density at radius 2 is 1.81 bits per heavy atom. The first-order valence-electron chi connectivity index (χ1n) is 9.61. The summed E-state index contributed by atoms with van der Waals surface area (Å²) in [6.07, 6.45) is 4.03. The predicted molar refractivity (Wildman–Crippen MR) is 107 cm³/mol. The zero-order valence-corrected chi connectivity index (χ0v) is 16.0. The lowest BCUT2D eigenvalue weighted by atomic mass is 9.77. The van der Waals surface area contributed by atoms with Crippen molar-refractivity contribution < 1.29 is 9.53 Å². The number of aryl methyl sites for hydroxylation is 1. The van der Waals surface area contributed by atoms with Crippen LogP contribution < -0.4 is 10.1 Å². The van der Waals surface area contributed by atoms with E-state index in [1.807, 2.05) is 24.3 Å². The van der Waals surface area contributed by atoms with E-state index in [9.17, 15) is 4.79 Å². The van der Waals surface area contributed by atoms with Crippen LogP contribution in [0.1, 0.15) is 50.7 Å². The summed E-state index contributed by atoms with van der Waals surface area (Å²) in [5.74, 6) is 1.44. The average Bonchev–Trinajstić information content (AvgIpc) is 3.12. The monoisotopic (exact) mass is 351 g/mol. The Bertz CT molecular complexity index is 743. The number of rotatable bonds is 6. The number of hydrogen-bond acceptors (Lipinski definition) is 2. The minimum Gasteiger partial charge on any atom is -0.493 e. The van der Waals surface area contributed by atoms with Crippen LogP contribution in [0.2, 0.25) is 0 Å². The summed E-state index contributed by atoms with van der Waals surface area (Å²) in [7, 11) is 0. The average molecular weight is 351 g/mol. The second kappa shape index (κ2) is 7.94. The third kappa shape index (κ3) is 4.09. The van der Waals surface area contributed by atoms with Gasteiger partial charge in [0, 0.05) is 5.69 Å². The first kappa shape index (κ1) is 18.5. The molecule has 1 aliphatic carbocycles. The van der Waals surface area contributed by atoms with Gasteiger partial charge in [0.15, 0.2) is 0 Å². The Balaban J connectivity index is 1.75. The molecule has 1 amide bonds. The fraction of sp³-hybridized carbons (Fsp3) is 0.435. The molecule has 0 heterocycles. The van der Waals surface area contributed by atoms with Crippen molar-refractivity contribution in [3.05, 3.63) is 59.7 Å². The van der Waals surface area contributed by atoms with Crippen LogP contribution in [0.3, 0.4) is 0 Å². The second-order valence-electron chi connectivity index (χ2n) is 7.84. The highest BCUT2D eigenvalue weighted by Gasteiger charge is 2.42.